The zero-order valence-corrected chi connectivity index (χ0v) is 17.8. The smallest absolute Gasteiger partial charge is 0.321 e. The molecule has 2 aromatic carbocycles. The van der Waals surface area contributed by atoms with Crippen LogP contribution in [0.2, 0.25) is 0 Å². The summed E-state index contributed by atoms with van der Waals surface area (Å²) in [7, 11) is -3.18. The summed E-state index contributed by atoms with van der Waals surface area (Å²) >= 11 is 0. The van der Waals surface area contributed by atoms with Gasteiger partial charge in [-0.25, -0.2) is 8.42 Å². The van der Waals surface area contributed by atoms with Crippen LogP contribution in [-0.2, 0) is 22.7 Å². The predicted molar refractivity (Wildman–Crippen MR) is 112 cm³/mol. The number of carbonyl (C=O) groups is 1. The molecular formula is C21H24F3N3O3S. The molecule has 1 N–H and O–H groups in total. The fraction of sp³-hybridized carbons (Fsp3) is 0.381. The molecule has 0 aromatic heterocycles. The third-order valence-electron chi connectivity index (χ3n) is 5.19. The van der Waals surface area contributed by atoms with E-state index in [-0.39, 0.29) is 17.0 Å². The van der Waals surface area contributed by atoms with Crippen LogP contribution in [-0.4, -0.2) is 55.5 Å². The molecule has 3 rings (SSSR count). The molecule has 0 aliphatic carbocycles. The SMILES string of the molecule is CCS(=O)(=O)N1CCN(Cc2ccc(C(=O)Nc3ccccc3C(F)(F)F)cc2)CC1. The van der Waals surface area contributed by atoms with Gasteiger partial charge < -0.3 is 5.32 Å². The molecule has 0 unspecified atom stereocenters. The first kappa shape index (κ1) is 23.2. The lowest BCUT2D eigenvalue weighted by atomic mass is 10.1. The highest BCUT2D eigenvalue weighted by Gasteiger charge is 2.33. The van der Waals surface area contributed by atoms with Crippen molar-refractivity contribution < 1.29 is 26.4 Å². The fourth-order valence-corrected chi connectivity index (χ4v) is 4.49. The molecule has 2 aromatic rings. The average molecular weight is 456 g/mol. The maximum absolute atomic E-state index is 13.1. The monoisotopic (exact) mass is 455 g/mol. The van der Waals surface area contributed by atoms with Gasteiger partial charge in [0.15, 0.2) is 0 Å². The Hall–Kier alpha value is -2.43. The molecule has 1 saturated heterocycles. The van der Waals surface area contributed by atoms with Gasteiger partial charge in [-0.1, -0.05) is 24.3 Å². The van der Waals surface area contributed by atoms with Crippen molar-refractivity contribution in [3.05, 3.63) is 65.2 Å². The molecular weight excluding hydrogens is 431 g/mol. The summed E-state index contributed by atoms with van der Waals surface area (Å²) in [6.45, 7) is 4.32. The van der Waals surface area contributed by atoms with Crippen LogP contribution in [0.1, 0.15) is 28.4 Å². The zero-order valence-electron chi connectivity index (χ0n) is 17.0. The van der Waals surface area contributed by atoms with E-state index < -0.39 is 27.7 Å². The summed E-state index contributed by atoms with van der Waals surface area (Å²) in [5.74, 6) is -0.536. The van der Waals surface area contributed by atoms with E-state index in [1.165, 1.54) is 22.5 Å². The third kappa shape index (κ3) is 5.84. The third-order valence-corrected chi connectivity index (χ3v) is 7.07. The molecule has 0 spiro atoms. The Morgan fingerprint density at radius 2 is 1.61 bits per heavy atom. The molecule has 0 atom stereocenters. The summed E-state index contributed by atoms with van der Waals surface area (Å²) in [6, 6.07) is 11.5. The lowest BCUT2D eigenvalue weighted by molar-refractivity contribution is -0.136. The van der Waals surface area contributed by atoms with Crippen molar-refractivity contribution in [2.45, 2.75) is 19.6 Å². The second kappa shape index (κ2) is 9.37. The molecule has 6 nitrogen and oxygen atoms in total. The van der Waals surface area contributed by atoms with Gasteiger partial charge in [0, 0.05) is 38.3 Å². The summed E-state index contributed by atoms with van der Waals surface area (Å²) in [4.78, 5) is 14.5. The number of hydrogen-bond donors (Lipinski definition) is 1. The van der Waals surface area contributed by atoms with Crippen LogP contribution < -0.4 is 5.32 Å². The molecule has 31 heavy (non-hydrogen) atoms. The van der Waals surface area contributed by atoms with Gasteiger partial charge in [-0.15, -0.1) is 0 Å². The molecule has 1 heterocycles. The molecule has 1 aliphatic rings. The van der Waals surface area contributed by atoms with E-state index in [9.17, 15) is 26.4 Å². The van der Waals surface area contributed by atoms with Gasteiger partial charge in [-0.05, 0) is 36.8 Å². The number of alkyl halides is 3. The van der Waals surface area contributed by atoms with Crippen LogP contribution in [0.4, 0.5) is 18.9 Å². The summed E-state index contributed by atoms with van der Waals surface area (Å²) in [6.07, 6.45) is -4.56. The van der Waals surface area contributed by atoms with Crippen LogP contribution in [0, 0.1) is 0 Å². The minimum atomic E-state index is -4.56. The maximum atomic E-state index is 13.1. The minimum absolute atomic E-state index is 0.0873. The number of amides is 1. The summed E-state index contributed by atoms with van der Waals surface area (Å²) in [5, 5.41) is 2.33. The topological polar surface area (TPSA) is 69.7 Å². The molecule has 0 bridgehead atoms. The highest BCUT2D eigenvalue weighted by atomic mass is 32.2. The Morgan fingerprint density at radius 3 is 2.19 bits per heavy atom. The number of rotatable bonds is 6. The van der Waals surface area contributed by atoms with E-state index in [1.807, 2.05) is 0 Å². The van der Waals surface area contributed by atoms with E-state index in [1.54, 1.807) is 31.2 Å². The van der Waals surface area contributed by atoms with Crippen molar-refractivity contribution in [1.82, 2.24) is 9.21 Å². The van der Waals surface area contributed by atoms with Crippen LogP contribution in [0.15, 0.2) is 48.5 Å². The molecule has 0 radical (unpaired) electrons. The van der Waals surface area contributed by atoms with Crippen molar-refractivity contribution in [3.8, 4) is 0 Å². The van der Waals surface area contributed by atoms with Crippen molar-refractivity contribution in [2.24, 2.45) is 0 Å². The fourth-order valence-electron chi connectivity index (χ4n) is 3.40. The Balaban J connectivity index is 1.59. The van der Waals surface area contributed by atoms with Crippen LogP contribution >= 0.6 is 0 Å². The Labute approximate surface area is 179 Å². The summed E-state index contributed by atoms with van der Waals surface area (Å²) < 4.78 is 64.6. The van der Waals surface area contributed by atoms with Gasteiger partial charge in [-0.3, -0.25) is 9.69 Å². The average Bonchev–Trinajstić information content (AvgIpc) is 2.74. The number of nitrogens with one attached hydrogen (secondary N) is 1. The van der Waals surface area contributed by atoms with Gasteiger partial charge >= 0.3 is 6.18 Å². The number of para-hydroxylation sites is 1. The molecule has 1 fully saturated rings. The molecule has 168 valence electrons. The second-order valence-corrected chi connectivity index (χ2v) is 9.53. The predicted octanol–water partition coefficient (Wildman–Crippen LogP) is 3.43. The van der Waals surface area contributed by atoms with Crippen LogP contribution in [0.5, 0.6) is 0 Å². The van der Waals surface area contributed by atoms with Crippen molar-refractivity contribution in [1.29, 1.82) is 0 Å². The van der Waals surface area contributed by atoms with E-state index in [0.717, 1.165) is 11.6 Å². The first-order chi connectivity index (χ1) is 14.6. The van der Waals surface area contributed by atoms with Crippen LogP contribution in [0.3, 0.4) is 0 Å². The first-order valence-electron chi connectivity index (χ1n) is 9.87. The van der Waals surface area contributed by atoms with E-state index >= 15 is 0 Å². The van der Waals surface area contributed by atoms with Crippen LogP contribution in [0.25, 0.3) is 0 Å². The van der Waals surface area contributed by atoms with Crippen molar-refractivity contribution >= 4 is 21.6 Å². The van der Waals surface area contributed by atoms with Gasteiger partial charge in [0.2, 0.25) is 10.0 Å². The van der Waals surface area contributed by atoms with Crippen molar-refractivity contribution in [3.63, 3.8) is 0 Å². The number of hydrogen-bond acceptors (Lipinski definition) is 4. The molecule has 0 saturated carbocycles. The highest BCUT2D eigenvalue weighted by molar-refractivity contribution is 7.89. The normalized spacial score (nSPS) is 16.3. The zero-order chi connectivity index (χ0) is 22.6. The van der Waals surface area contributed by atoms with Gasteiger partial charge in [0.05, 0.1) is 17.0 Å². The molecule has 1 amide bonds. The minimum Gasteiger partial charge on any atom is -0.321 e. The second-order valence-electron chi connectivity index (χ2n) is 7.27. The maximum Gasteiger partial charge on any atom is 0.418 e. The number of sulfonamides is 1. The summed E-state index contributed by atoms with van der Waals surface area (Å²) in [5.41, 5.74) is -0.00759. The van der Waals surface area contributed by atoms with Gasteiger partial charge in [0.25, 0.3) is 5.91 Å². The number of carbonyl (C=O) groups excluding carboxylic acids is 1. The number of nitrogens with zero attached hydrogens (tertiary/aromatic N) is 2. The Bertz CT molecular complexity index is 1020. The number of halogens is 3. The lowest BCUT2D eigenvalue weighted by Crippen LogP contribution is -2.48. The largest absolute Gasteiger partial charge is 0.418 e. The quantitative estimate of drug-likeness (QED) is 0.725. The lowest BCUT2D eigenvalue weighted by Gasteiger charge is -2.33. The molecule has 10 heteroatoms. The molecule has 1 aliphatic heterocycles. The first-order valence-corrected chi connectivity index (χ1v) is 11.5. The number of anilines is 1. The number of piperazine rings is 1. The van der Waals surface area contributed by atoms with Crippen molar-refractivity contribution in [2.75, 3.05) is 37.2 Å². The van der Waals surface area contributed by atoms with Gasteiger partial charge in [0.1, 0.15) is 0 Å². The Morgan fingerprint density at radius 1 is 1.00 bits per heavy atom. The highest BCUT2D eigenvalue weighted by Crippen LogP contribution is 2.34. The van der Waals surface area contributed by atoms with E-state index in [4.69, 9.17) is 0 Å². The standard InChI is InChI=1S/C21H24F3N3O3S/c1-2-31(29,30)27-13-11-26(12-14-27)15-16-7-9-17(10-8-16)20(28)25-19-6-4-3-5-18(19)21(22,23)24/h3-10H,2,11-15H2,1H3,(H,25,28). The van der Waals surface area contributed by atoms with E-state index in [0.29, 0.717) is 32.7 Å². The Kier molecular flexibility index (Phi) is 7.03. The number of benzene rings is 2. The van der Waals surface area contributed by atoms with E-state index in [2.05, 4.69) is 10.2 Å². The van der Waals surface area contributed by atoms with Gasteiger partial charge in [-0.2, -0.15) is 17.5 Å².